The summed E-state index contributed by atoms with van der Waals surface area (Å²) in [5, 5.41) is 2.61. The van der Waals surface area contributed by atoms with Crippen molar-refractivity contribution < 1.29 is 37.0 Å². The molecule has 1 N–H and O–H groups in total. The Bertz CT molecular complexity index is 1090. The van der Waals surface area contributed by atoms with E-state index in [2.05, 4.69) is 5.32 Å². The van der Waals surface area contributed by atoms with Gasteiger partial charge in [0.05, 0.1) is 40.2 Å². The maximum absolute atomic E-state index is 13.8. The summed E-state index contributed by atoms with van der Waals surface area (Å²) < 4.78 is 52.0. The summed E-state index contributed by atoms with van der Waals surface area (Å²) in [6.45, 7) is -0.276. The molecular weight excluding hydrogens is 487 g/mol. The summed E-state index contributed by atoms with van der Waals surface area (Å²) in [6.07, 6.45) is -6.36. The highest BCUT2D eigenvalue weighted by molar-refractivity contribution is 7.18. The molecule has 3 amide bonds. The number of nitrogens with one attached hydrogen (secondary N) is 1. The highest BCUT2D eigenvalue weighted by atomic mass is 35.5. The number of benzene rings is 1. The van der Waals surface area contributed by atoms with Gasteiger partial charge in [-0.3, -0.25) is 14.5 Å². The Kier molecular flexibility index (Phi) is 6.50. The van der Waals surface area contributed by atoms with Crippen LogP contribution in [0.5, 0.6) is 0 Å². The number of thiophene rings is 1. The van der Waals surface area contributed by atoms with Gasteiger partial charge in [-0.25, -0.2) is 4.79 Å². The smallest absolute Gasteiger partial charge is 0.418 e. The molecule has 0 radical (unpaired) electrons. The first-order chi connectivity index (χ1) is 15.6. The van der Waals surface area contributed by atoms with Crippen molar-refractivity contribution in [2.24, 2.45) is 0 Å². The second kappa shape index (κ2) is 9.20. The molecule has 1 atom stereocenters. The predicted octanol–water partition coefficient (Wildman–Crippen LogP) is 3.54. The molecule has 2 fully saturated rings. The fraction of sp³-hybridized carbons (Fsp3) is 0.350. The van der Waals surface area contributed by atoms with E-state index in [1.165, 1.54) is 6.07 Å². The second-order valence-corrected chi connectivity index (χ2v) is 8.94. The van der Waals surface area contributed by atoms with Gasteiger partial charge < -0.3 is 19.7 Å². The van der Waals surface area contributed by atoms with Crippen molar-refractivity contribution in [2.75, 3.05) is 42.6 Å². The third kappa shape index (κ3) is 5.07. The van der Waals surface area contributed by atoms with E-state index in [4.69, 9.17) is 21.1 Å². The maximum Gasteiger partial charge on any atom is 0.418 e. The lowest BCUT2D eigenvalue weighted by Crippen LogP contribution is -2.42. The molecule has 3 heterocycles. The Morgan fingerprint density at radius 3 is 2.67 bits per heavy atom. The van der Waals surface area contributed by atoms with Crippen LogP contribution in [0.2, 0.25) is 4.34 Å². The number of rotatable bonds is 5. The summed E-state index contributed by atoms with van der Waals surface area (Å²) in [4.78, 5) is 39.0. The normalized spacial score (nSPS) is 19.1. The van der Waals surface area contributed by atoms with Crippen LogP contribution >= 0.6 is 22.9 Å². The first-order valence-electron chi connectivity index (χ1n) is 9.74. The van der Waals surface area contributed by atoms with Crippen LogP contribution in [0, 0.1) is 0 Å². The van der Waals surface area contributed by atoms with E-state index < -0.39 is 35.8 Å². The van der Waals surface area contributed by atoms with Gasteiger partial charge in [0.1, 0.15) is 12.7 Å². The van der Waals surface area contributed by atoms with Gasteiger partial charge in [-0.2, -0.15) is 13.2 Å². The Hall–Kier alpha value is -2.83. The first kappa shape index (κ1) is 23.3. The topological polar surface area (TPSA) is 88.2 Å². The van der Waals surface area contributed by atoms with Crippen molar-refractivity contribution in [3.63, 3.8) is 0 Å². The van der Waals surface area contributed by atoms with Gasteiger partial charge in [0.25, 0.3) is 11.8 Å². The highest BCUT2D eigenvalue weighted by Gasteiger charge is 2.39. The van der Waals surface area contributed by atoms with Crippen LogP contribution in [-0.2, 0) is 20.4 Å². The molecule has 2 aliphatic rings. The van der Waals surface area contributed by atoms with Gasteiger partial charge >= 0.3 is 12.3 Å². The number of ether oxygens (including phenoxy) is 2. The Morgan fingerprint density at radius 2 is 2.00 bits per heavy atom. The predicted molar refractivity (Wildman–Crippen MR) is 114 cm³/mol. The summed E-state index contributed by atoms with van der Waals surface area (Å²) in [5.74, 6) is -0.983. The highest BCUT2D eigenvalue weighted by Crippen LogP contribution is 2.40. The number of carbonyl (C=O) groups is 3. The number of morpholine rings is 1. The number of alkyl halides is 3. The zero-order chi connectivity index (χ0) is 23.8. The minimum atomic E-state index is -4.76. The van der Waals surface area contributed by atoms with Crippen molar-refractivity contribution in [2.45, 2.75) is 12.3 Å². The molecule has 0 spiro atoms. The third-order valence-electron chi connectivity index (χ3n) is 5.04. The number of nitrogens with zero attached hydrogens (tertiary/aromatic N) is 2. The van der Waals surface area contributed by atoms with E-state index >= 15 is 0 Å². The van der Waals surface area contributed by atoms with Crippen LogP contribution in [0.1, 0.15) is 15.2 Å². The van der Waals surface area contributed by atoms with Crippen LogP contribution < -0.4 is 15.1 Å². The number of amides is 3. The molecule has 1 aromatic heterocycles. The second-order valence-electron chi connectivity index (χ2n) is 7.23. The van der Waals surface area contributed by atoms with Crippen molar-refractivity contribution >= 4 is 52.2 Å². The lowest BCUT2D eigenvalue weighted by Gasteiger charge is -2.30. The van der Waals surface area contributed by atoms with Gasteiger partial charge in [-0.1, -0.05) is 11.6 Å². The zero-order valence-corrected chi connectivity index (χ0v) is 18.4. The van der Waals surface area contributed by atoms with Gasteiger partial charge in [0.2, 0.25) is 0 Å². The van der Waals surface area contributed by atoms with E-state index in [0.29, 0.717) is 9.21 Å². The van der Waals surface area contributed by atoms with E-state index in [0.717, 1.165) is 33.3 Å². The number of hydrogen-bond donors (Lipinski definition) is 1. The Labute approximate surface area is 194 Å². The average molecular weight is 504 g/mol. The van der Waals surface area contributed by atoms with Crippen LogP contribution in [0.15, 0.2) is 30.3 Å². The third-order valence-corrected chi connectivity index (χ3v) is 6.27. The molecule has 0 bridgehead atoms. The summed E-state index contributed by atoms with van der Waals surface area (Å²) in [5.41, 5.74) is -1.38. The molecule has 2 aromatic rings. The molecule has 0 aliphatic carbocycles. The largest absolute Gasteiger partial charge is 0.442 e. The molecule has 4 rings (SSSR count). The van der Waals surface area contributed by atoms with Gasteiger partial charge in [-0.15, -0.1) is 11.3 Å². The van der Waals surface area contributed by atoms with E-state index in [1.54, 1.807) is 12.1 Å². The van der Waals surface area contributed by atoms with Crippen LogP contribution in [0.25, 0.3) is 0 Å². The maximum atomic E-state index is 13.8. The molecule has 33 heavy (non-hydrogen) atoms. The Morgan fingerprint density at radius 1 is 1.21 bits per heavy atom. The minimum absolute atomic E-state index is 0.00968. The zero-order valence-electron chi connectivity index (χ0n) is 16.9. The average Bonchev–Trinajstić information content (AvgIpc) is 3.37. The Balaban J connectivity index is 1.49. The van der Waals surface area contributed by atoms with Crippen molar-refractivity contribution in [1.29, 1.82) is 0 Å². The number of cyclic esters (lactones) is 1. The molecule has 8 nitrogen and oxygen atoms in total. The molecule has 1 unspecified atom stereocenters. The standard InChI is InChI=1S/C20H17ClF3N3O5S/c21-16-4-3-15(33-16)18(29)25-8-12-9-27(19(30)32-12)11-1-2-14(13(7-11)20(22,23)24)26-5-6-31-10-17(26)28/h1-4,7,12H,5-6,8-10H2,(H,25,29). The molecule has 1 aromatic carbocycles. The monoisotopic (exact) mass is 503 g/mol. The van der Waals surface area contributed by atoms with Gasteiger partial charge in [-0.05, 0) is 30.3 Å². The lowest BCUT2D eigenvalue weighted by molar-refractivity contribution is -0.137. The SMILES string of the molecule is O=C(NCC1CN(c2ccc(N3CCOCC3=O)c(C(F)(F)F)c2)C(=O)O1)c1ccc(Cl)s1. The van der Waals surface area contributed by atoms with Crippen molar-refractivity contribution in [3.8, 4) is 0 Å². The van der Waals surface area contributed by atoms with Crippen LogP contribution in [-0.4, -0.2) is 56.9 Å². The van der Waals surface area contributed by atoms with Gasteiger partial charge in [0, 0.05) is 12.2 Å². The first-order valence-corrected chi connectivity index (χ1v) is 10.9. The molecule has 2 aliphatic heterocycles. The molecule has 13 heteroatoms. The molecule has 176 valence electrons. The van der Waals surface area contributed by atoms with Crippen molar-refractivity contribution in [3.05, 3.63) is 45.1 Å². The number of hydrogen-bond acceptors (Lipinski definition) is 6. The van der Waals surface area contributed by atoms with E-state index in [9.17, 15) is 27.6 Å². The number of carbonyl (C=O) groups excluding carboxylic acids is 3. The van der Waals surface area contributed by atoms with E-state index in [-0.39, 0.29) is 44.2 Å². The number of anilines is 2. The summed E-state index contributed by atoms with van der Waals surface area (Å²) >= 11 is 6.89. The fourth-order valence-electron chi connectivity index (χ4n) is 3.50. The molecular formula is C20H17ClF3N3O5S. The summed E-state index contributed by atoms with van der Waals surface area (Å²) in [7, 11) is 0. The van der Waals surface area contributed by atoms with Gasteiger partial charge in [0.15, 0.2) is 0 Å². The van der Waals surface area contributed by atoms with Crippen LogP contribution in [0.4, 0.5) is 29.3 Å². The summed E-state index contributed by atoms with van der Waals surface area (Å²) in [6, 6.07) is 6.42. The van der Waals surface area contributed by atoms with E-state index in [1.807, 2.05) is 0 Å². The minimum Gasteiger partial charge on any atom is -0.442 e. The number of halogens is 4. The molecule has 0 saturated carbocycles. The van der Waals surface area contributed by atoms with Crippen LogP contribution in [0.3, 0.4) is 0 Å². The quantitative estimate of drug-likeness (QED) is 0.674. The fourth-order valence-corrected chi connectivity index (χ4v) is 4.46. The molecule has 2 saturated heterocycles. The lowest BCUT2D eigenvalue weighted by atomic mass is 10.1. The van der Waals surface area contributed by atoms with Crippen molar-refractivity contribution in [1.82, 2.24) is 5.32 Å².